The van der Waals surface area contributed by atoms with Crippen molar-refractivity contribution in [1.82, 2.24) is 14.7 Å². The minimum Gasteiger partial charge on any atom is -0.395 e. The van der Waals surface area contributed by atoms with E-state index in [2.05, 4.69) is 41.7 Å². The third kappa shape index (κ3) is 3.72. The normalized spacial score (nSPS) is 14.2. The van der Waals surface area contributed by atoms with E-state index in [-0.39, 0.29) is 17.4 Å². The number of aliphatic hydroxyl groups excluding tert-OH is 1. The molecule has 1 atom stereocenters. The molecule has 6 heteroatoms. The monoisotopic (exact) mass is 299 g/mol. The smallest absolute Gasteiger partial charge is 0.194 e. The van der Waals surface area contributed by atoms with Gasteiger partial charge in [-0.2, -0.15) is 0 Å². The molecule has 0 saturated carbocycles. The first-order valence-electron chi connectivity index (χ1n) is 6.37. The summed E-state index contributed by atoms with van der Waals surface area (Å²) in [5, 5.41) is 15.9. The maximum atomic E-state index is 9.20. The maximum Gasteiger partial charge on any atom is 0.194 e. The van der Waals surface area contributed by atoms with Crippen molar-refractivity contribution in [2.24, 2.45) is 0 Å². The van der Waals surface area contributed by atoms with Crippen LogP contribution < -0.4 is 5.32 Å². The van der Waals surface area contributed by atoms with E-state index < -0.39 is 0 Å². The molecule has 0 saturated heterocycles. The molecule has 0 aliphatic rings. The highest BCUT2D eigenvalue weighted by atomic mass is 32.2. The van der Waals surface area contributed by atoms with Gasteiger partial charge in [-0.25, -0.2) is 4.98 Å². The fourth-order valence-electron chi connectivity index (χ4n) is 1.64. The van der Waals surface area contributed by atoms with Crippen LogP contribution in [0, 0.1) is 0 Å². The summed E-state index contributed by atoms with van der Waals surface area (Å²) < 4.78 is 2.13. The fourth-order valence-corrected chi connectivity index (χ4v) is 3.34. The van der Waals surface area contributed by atoms with Gasteiger partial charge in [0.1, 0.15) is 5.03 Å². The van der Waals surface area contributed by atoms with E-state index in [1.807, 2.05) is 12.3 Å². The summed E-state index contributed by atoms with van der Waals surface area (Å²) in [6.07, 6.45) is 2.06. The second-order valence-electron chi connectivity index (χ2n) is 5.63. The number of thioether (sulfide) groups is 1. The molecule has 0 amide bonds. The zero-order chi connectivity index (χ0) is 14.0. The van der Waals surface area contributed by atoms with Gasteiger partial charge in [-0.05, 0) is 20.8 Å². The molecule has 0 radical (unpaired) electrons. The Balaban J connectivity index is 2.26. The molecule has 2 rings (SSSR count). The number of aliphatic hydroxyl groups is 1. The average molecular weight is 299 g/mol. The highest BCUT2D eigenvalue weighted by Crippen LogP contribution is 2.29. The van der Waals surface area contributed by atoms with Crippen molar-refractivity contribution < 1.29 is 5.11 Å². The summed E-state index contributed by atoms with van der Waals surface area (Å²) in [6.45, 7) is 9.43. The Labute approximate surface area is 122 Å². The zero-order valence-electron chi connectivity index (χ0n) is 11.8. The quantitative estimate of drug-likeness (QED) is 0.834. The number of nitrogens with one attached hydrogen (secondary N) is 1. The molecule has 1 unspecified atom stereocenters. The van der Waals surface area contributed by atoms with Crippen LogP contribution >= 0.6 is 23.1 Å². The summed E-state index contributed by atoms with van der Waals surface area (Å²) in [6, 6.07) is 0. The van der Waals surface area contributed by atoms with Gasteiger partial charge in [0.15, 0.2) is 4.96 Å². The SMILES string of the molecule is CC(CO)Sc1nc2sccn2c1CNC(C)(C)C. The summed E-state index contributed by atoms with van der Waals surface area (Å²) in [5.74, 6) is 0. The number of hydrogen-bond donors (Lipinski definition) is 2. The molecule has 2 N–H and O–H groups in total. The Kier molecular flexibility index (Phi) is 4.55. The van der Waals surface area contributed by atoms with E-state index in [1.54, 1.807) is 23.1 Å². The molecule has 0 aromatic carbocycles. The van der Waals surface area contributed by atoms with Gasteiger partial charge in [-0.1, -0.05) is 18.7 Å². The molecule has 2 heterocycles. The molecule has 0 fully saturated rings. The largest absolute Gasteiger partial charge is 0.395 e. The van der Waals surface area contributed by atoms with Crippen LogP contribution in [0.4, 0.5) is 0 Å². The lowest BCUT2D eigenvalue weighted by Gasteiger charge is -2.20. The van der Waals surface area contributed by atoms with Gasteiger partial charge >= 0.3 is 0 Å². The Hall–Kier alpha value is -0.560. The Bertz CT molecular complexity index is 542. The number of nitrogens with zero attached hydrogens (tertiary/aromatic N) is 2. The molecule has 0 spiro atoms. The molecule has 2 aromatic heterocycles. The highest BCUT2D eigenvalue weighted by Gasteiger charge is 2.18. The topological polar surface area (TPSA) is 49.6 Å². The van der Waals surface area contributed by atoms with Crippen LogP contribution in [-0.4, -0.2) is 31.9 Å². The molecule has 2 aromatic rings. The summed E-state index contributed by atoms with van der Waals surface area (Å²) in [7, 11) is 0. The van der Waals surface area contributed by atoms with Gasteiger partial charge in [-0.3, -0.25) is 4.40 Å². The minimum absolute atomic E-state index is 0.0741. The van der Waals surface area contributed by atoms with Gasteiger partial charge in [-0.15, -0.1) is 11.3 Å². The van der Waals surface area contributed by atoms with Crippen LogP contribution in [-0.2, 0) is 6.54 Å². The van der Waals surface area contributed by atoms with Gasteiger partial charge in [0.2, 0.25) is 0 Å². The number of imidazole rings is 1. The second-order valence-corrected chi connectivity index (χ2v) is 7.93. The van der Waals surface area contributed by atoms with Crippen molar-refractivity contribution in [2.45, 2.75) is 50.1 Å². The van der Waals surface area contributed by atoms with Crippen molar-refractivity contribution in [3.63, 3.8) is 0 Å². The van der Waals surface area contributed by atoms with Crippen LogP contribution in [0.5, 0.6) is 0 Å². The van der Waals surface area contributed by atoms with Gasteiger partial charge < -0.3 is 10.4 Å². The van der Waals surface area contributed by atoms with E-state index in [9.17, 15) is 5.11 Å². The first-order chi connectivity index (χ1) is 8.90. The van der Waals surface area contributed by atoms with Crippen molar-refractivity contribution in [3.05, 3.63) is 17.3 Å². The number of aromatic nitrogens is 2. The third-order valence-electron chi connectivity index (χ3n) is 2.68. The minimum atomic E-state index is 0.0741. The van der Waals surface area contributed by atoms with Crippen molar-refractivity contribution in [3.8, 4) is 0 Å². The summed E-state index contributed by atoms with van der Waals surface area (Å²) in [4.78, 5) is 5.67. The zero-order valence-corrected chi connectivity index (χ0v) is 13.4. The first kappa shape index (κ1) is 14.8. The number of thiazole rings is 1. The second kappa shape index (κ2) is 5.83. The Morgan fingerprint density at radius 2 is 2.26 bits per heavy atom. The molecule has 106 valence electrons. The van der Waals surface area contributed by atoms with E-state index in [1.165, 1.54) is 5.69 Å². The lowest BCUT2D eigenvalue weighted by atomic mass is 10.1. The molecule has 19 heavy (non-hydrogen) atoms. The number of hydrogen-bond acceptors (Lipinski definition) is 5. The maximum absolute atomic E-state index is 9.20. The van der Waals surface area contributed by atoms with Crippen molar-refractivity contribution in [2.75, 3.05) is 6.61 Å². The standard InChI is InChI=1S/C13H21N3OS2/c1-9(8-17)19-11-10(7-14-13(2,3)4)16-5-6-18-12(16)15-11/h5-6,9,14,17H,7-8H2,1-4H3. The van der Waals surface area contributed by atoms with Crippen LogP contribution in [0.1, 0.15) is 33.4 Å². The van der Waals surface area contributed by atoms with Crippen molar-refractivity contribution in [1.29, 1.82) is 0 Å². The molecular weight excluding hydrogens is 278 g/mol. The van der Waals surface area contributed by atoms with Crippen LogP contribution in [0.25, 0.3) is 4.96 Å². The third-order valence-corrected chi connectivity index (χ3v) is 4.54. The number of rotatable bonds is 5. The average Bonchev–Trinajstić information content (AvgIpc) is 2.86. The molecule has 0 aliphatic carbocycles. The van der Waals surface area contributed by atoms with Gasteiger partial charge in [0.25, 0.3) is 0 Å². The number of fused-ring (bicyclic) bond motifs is 1. The summed E-state index contributed by atoms with van der Waals surface area (Å²) in [5.41, 5.74) is 1.25. The lowest BCUT2D eigenvalue weighted by Crippen LogP contribution is -2.35. The molecule has 0 bridgehead atoms. The highest BCUT2D eigenvalue weighted by molar-refractivity contribution is 7.99. The predicted octanol–water partition coefficient (Wildman–Crippen LogP) is 2.76. The van der Waals surface area contributed by atoms with Crippen molar-refractivity contribution >= 4 is 28.1 Å². The van der Waals surface area contributed by atoms with E-state index in [0.717, 1.165) is 16.5 Å². The van der Waals surface area contributed by atoms with Crippen LogP contribution in [0.2, 0.25) is 0 Å². The molecular formula is C13H21N3OS2. The van der Waals surface area contributed by atoms with Gasteiger partial charge in [0, 0.05) is 28.9 Å². The van der Waals surface area contributed by atoms with E-state index in [0.29, 0.717) is 0 Å². The fraction of sp³-hybridized carbons (Fsp3) is 0.615. The predicted molar refractivity (Wildman–Crippen MR) is 82.1 cm³/mol. The molecule has 4 nitrogen and oxygen atoms in total. The van der Waals surface area contributed by atoms with E-state index >= 15 is 0 Å². The lowest BCUT2D eigenvalue weighted by molar-refractivity contribution is 0.300. The Morgan fingerprint density at radius 3 is 2.89 bits per heavy atom. The molecule has 0 aliphatic heterocycles. The Morgan fingerprint density at radius 1 is 1.53 bits per heavy atom. The van der Waals surface area contributed by atoms with Gasteiger partial charge in [0.05, 0.1) is 12.3 Å². The first-order valence-corrected chi connectivity index (χ1v) is 8.13. The van der Waals surface area contributed by atoms with Crippen LogP contribution in [0.15, 0.2) is 16.6 Å². The summed E-state index contributed by atoms with van der Waals surface area (Å²) >= 11 is 3.27. The van der Waals surface area contributed by atoms with E-state index in [4.69, 9.17) is 0 Å². The van der Waals surface area contributed by atoms with Crippen LogP contribution in [0.3, 0.4) is 0 Å².